The molecule has 3 radical (unpaired) electrons. The molecule has 0 spiro atoms. The second-order valence-electron chi connectivity index (χ2n) is 32.5. The molecule has 0 heterocycles. The second kappa shape index (κ2) is 53.2. The molecule has 0 saturated heterocycles. The molecule has 0 aromatic heterocycles. The Kier molecular flexibility index (Phi) is 51.7. The zero-order chi connectivity index (χ0) is 79.0. The maximum absolute atomic E-state index is 4.50. The first-order valence-corrected chi connectivity index (χ1v) is 50.3. The molecule has 0 amide bonds. The molecule has 0 bridgehead atoms. The molecule has 0 fully saturated rings. The third-order valence-corrected chi connectivity index (χ3v) is 42.5. The Morgan fingerprint density at radius 3 is 0.414 bits per heavy atom. The van der Waals surface area contributed by atoms with Crippen LogP contribution in [0.4, 0.5) is 0 Å². The van der Waals surface area contributed by atoms with E-state index in [0.717, 1.165) is 16.7 Å². The van der Waals surface area contributed by atoms with Crippen LogP contribution >= 0.6 is 47.5 Å². The van der Waals surface area contributed by atoms with Crippen molar-refractivity contribution in [3.8, 4) is 0 Å². The molecule has 0 saturated carbocycles. The van der Waals surface area contributed by atoms with Crippen molar-refractivity contribution in [2.45, 2.75) is 248 Å². The van der Waals surface area contributed by atoms with E-state index < -0.39 is 47.5 Å². The minimum atomic E-state index is -0.734. The minimum absolute atomic E-state index is 0. The maximum atomic E-state index is 4.50. The standard InChI is InChI=1S/3C31H42BP2.2C2H5.2CH3.3Co/c3*1-22(2)33(23(3)4)30-20-14-12-18-28(30)32(27-17-11-10-16-26(27)9)29-19-13-15-21-31(29)34(24(5)6)25(7)8;2*1-2;;;;;/h3*10-25H,9H2,1-8H3;2*1H2,2H3;2*1H3;;;/q4*-1;+1;2*-1;;2*+2/p+6. The Morgan fingerprint density at radius 2 is 0.306 bits per heavy atom. The summed E-state index contributed by atoms with van der Waals surface area (Å²) in [5.74, 6) is 0. The first-order chi connectivity index (χ1) is 50.4. The van der Waals surface area contributed by atoms with Gasteiger partial charge in [0, 0.05) is 64.3 Å². The average Bonchev–Trinajstić information content (AvgIpc) is 0.775. The van der Waals surface area contributed by atoms with Crippen molar-refractivity contribution in [1.29, 1.82) is 0 Å². The van der Waals surface area contributed by atoms with E-state index in [0.29, 0.717) is 67.9 Å². The van der Waals surface area contributed by atoms with Gasteiger partial charge in [-0.25, -0.2) is 0 Å². The summed E-state index contributed by atoms with van der Waals surface area (Å²) in [5, 5.41) is 9.60. The van der Waals surface area contributed by atoms with Crippen molar-refractivity contribution in [1.82, 2.24) is 0 Å². The van der Waals surface area contributed by atoms with Gasteiger partial charge in [-0.15, -0.1) is 36.4 Å². The summed E-state index contributed by atoms with van der Waals surface area (Å²) in [5.41, 5.74) is 24.7. The molecule has 0 aliphatic rings. The van der Waals surface area contributed by atoms with E-state index >= 15 is 0 Å². The molecule has 0 N–H and O–H groups in total. The van der Waals surface area contributed by atoms with Crippen LogP contribution in [0.2, 0.25) is 0 Å². The van der Waals surface area contributed by atoms with Crippen LogP contribution in [-0.4, -0.2) is 88.0 Å². The van der Waals surface area contributed by atoms with Crippen molar-refractivity contribution in [3.05, 3.63) is 285 Å². The third-order valence-electron chi connectivity index (χ3n) is 21.1. The fourth-order valence-corrected chi connectivity index (χ4v) is 38.3. The van der Waals surface area contributed by atoms with Crippen molar-refractivity contribution in [2.24, 2.45) is 0 Å². The number of hydrogen-bond donors (Lipinski definition) is 0. The Morgan fingerprint density at radius 1 is 0.207 bits per heavy atom. The molecular weight excluding hydrogens is 1580 g/mol. The van der Waals surface area contributed by atoms with Gasteiger partial charge < -0.3 is 21.8 Å². The normalized spacial score (nSPS) is 11.2. The molecule has 0 unspecified atom stereocenters. The maximum Gasteiger partial charge on any atom is 2.00 e. The van der Waals surface area contributed by atoms with Crippen LogP contribution in [-0.2, 0) is 50.3 Å². The predicted molar refractivity (Wildman–Crippen MR) is 530 cm³/mol. The van der Waals surface area contributed by atoms with Gasteiger partial charge >= 0.3 is 33.6 Å². The molecule has 0 aliphatic heterocycles. The van der Waals surface area contributed by atoms with E-state index in [1.54, 1.807) is 45.7 Å². The van der Waals surface area contributed by atoms with E-state index in [9.17, 15) is 0 Å². The molecule has 9 aromatic rings. The SMILES string of the molecule is [CH2+]C.[CH2-]C.[CH2-]c1ccccc1B(c1ccccc1[PH+](C(C)C)C(C)C)c1ccccc1[PH+](C(C)C)C(C)C.[CH2-]c1ccccc1B(c1ccccc1[PH+](C(C)C)C(C)C)c1ccccc1[PH+](C(C)C)C(C)C.[CH2-]c1ccccc1B(c1ccccc1[PH+](C(C)C)C(C)C)c1ccccc1[PH+](C(C)C)C(C)C.[CH3-].[CH3-].[Co+2].[Co+2].[Co]. The third kappa shape index (κ3) is 28.2. The summed E-state index contributed by atoms with van der Waals surface area (Å²) in [4.78, 5) is 0. The summed E-state index contributed by atoms with van der Waals surface area (Å²) in [6.07, 6.45) is 0. The molecular formula is C99H148B3Co3P6+5. The minimum Gasteiger partial charge on any atom is -0.358 e. The molecule has 0 nitrogen and oxygen atoms in total. The first kappa shape index (κ1) is 108. The largest absolute Gasteiger partial charge is 2.00 e. The molecule has 605 valence electrons. The molecule has 9 rings (SSSR count). The van der Waals surface area contributed by atoms with Gasteiger partial charge in [0.15, 0.2) is 20.1 Å². The van der Waals surface area contributed by atoms with Gasteiger partial charge in [0.05, 0.1) is 114 Å². The monoisotopic (exact) mass is 1730 g/mol. The van der Waals surface area contributed by atoms with Crippen molar-refractivity contribution in [2.75, 3.05) is 0 Å². The summed E-state index contributed by atoms with van der Waals surface area (Å²) in [6, 6.07) is 82.5. The van der Waals surface area contributed by atoms with Gasteiger partial charge in [0.25, 0.3) is 0 Å². The Bertz CT molecular complexity index is 3400. The van der Waals surface area contributed by atoms with Gasteiger partial charge in [0.2, 0.25) is 0 Å². The van der Waals surface area contributed by atoms with E-state index in [-0.39, 0.29) is 85.3 Å². The van der Waals surface area contributed by atoms with Crippen LogP contribution in [0.5, 0.6) is 0 Å². The van der Waals surface area contributed by atoms with Crippen LogP contribution < -0.4 is 81.0 Å². The zero-order valence-electron chi connectivity index (χ0n) is 74.0. The molecule has 111 heavy (non-hydrogen) atoms. The average molecular weight is 1730 g/mol. The number of rotatable bonds is 27. The van der Waals surface area contributed by atoms with Gasteiger partial charge in [-0.1, -0.05) is 127 Å². The zero-order valence-corrected chi connectivity index (χ0v) is 83.1. The number of benzene rings is 9. The predicted octanol–water partition coefficient (Wildman–Crippen LogP) is 19.7. The van der Waals surface area contributed by atoms with Gasteiger partial charge in [-0.2, -0.15) is 79.0 Å². The molecule has 0 aliphatic carbocycles. The van der Waals surface area contributed by atoms with Crippen LogP contribution in [0, 0.1) is 49.5 Å². The quantitative estimate of drug-likeness (QED) is 0.0273. The van der Waals surface area contributed by atoms with Crippen LogP contribution in [0.1, 0.15) is 197 Å². The van der Waals surface area contributed by atoms with Crippen LogP contribution in [0.15, 0.2) is 218 Å². The van der Waals surface area contributed by atoms with Crippen molar-refractivity contribution >= 4 is 149 Å². The van der Waals surface area contributed by atoms with E-state index in [1.165, 1.54) is 49.2 Å². The summed E-state index contributed by atoms with van der Waals surface area (Å²) in [7, 11) is -4.40. The van der Waals surface area contributed by atoms with Crippen molar-refractivity contribution < 1.29 is 50.3 Å². The van der Waals surface area contributed by atoms with Crippen LogP contribution in [0.25, 0.3) is 0 Å². The Balaban J connectivity index is 0.00000156. The summed E-state index contributed by atoms with van der Waals surface area (Å²) >= 11 is 0. The second-order valence-corrected chi connectivity index (χ2v) is 55.1. The van der Waals surface area contributed by atoms with Crippen molar-refractivity contribution in [3.63, 3.8) is 0 Å². The van der Waals surface area contributed by atoms with E-state index in [4.69, 9.17) is 0 Å². The van der Waals surface area contributed by atoms with Gasteiger partial charge in [-0.05, 0) is 235 Å². The topological polar surface area (TPSA) is 0 Å². The van der Waals surface area contributed by atoms with E-state index in [1.807, 2.05) is 0 Å². The number of hydrogen-bond acceptors (Lipinski definition) is 0. The fourth-order valence-electron chi connectivity index (χ4n) is 17.8. The molecule has 0 atom stereocenters. The first-order valence-electron chi connectivity index (χ1n) is 40.3. The summed E-state index contributed by atoms with van der Waals surface area (Å²) < 4.78 is 0. The van der Waals surface area contributed by atoms with Crippen LogP contribution in [0.3, 0.4) is 0 Å². The van der Waals surface area contributed by atoms with Gasteiger partial charge in [0.1, 0.15) is 0 Å². The smallest absolute Gasteiger partial charge is 0.358 e. The fraction of sp³-hybridized carbons (Fsp3) is 0.384. The summed E-state index contributed by atoms with van der Waals surface area (Å²) in [6.45, 7) is 82.2. The molecule has 9 aromatic carbocycles. The Hall–Kier alpha value is -3.25. The van der Waals surface area contributed by atoms with Gasteiger partial charge in [-0.3, -0.25) is 0 Å². The molecule has 12 heteroatoms. The Labute approximate surface area is 725 Å². The van der Waals surface area contributed by atoms with E-state index in [2.05, 4.69) is 419 Å².